The normalized spacial score (nSPS) is 12.4. The van der Waals surface area contributed by atoms with Crippen LogP contribution < -0.4 is 5.32 Å². The highest BCUT2D eigenvalue weighted by molar-refractivity contribution is 6.00. The van der Waals surface area contributed by atoms with Gasteiger partial charge in [-0.3, -0.25) is 14.2 Å². The van der Waals surface area contributed by atoms with Crippen molar-refractivity contribution in [3.05, 3.63) is 53.9 Å². The molecule has 1 atom stereocenters. The van der Waals surface area contributed by atoms with E-state index < -0.39 is 0 Å². The third kappa shape index (κ3) is 3.39. The first-order valence-corrected chi connectivity index (χ1v) is 9.73. The van der Waals surface area contributed by atoms with Crippen LogP contribution in [-0.2, 0) is 13.1 Å². The van der Waals surface area contributed by atoms with Gasteiger partial charge in [-0.2, -0.15) is 15.3 Å². The SMILES string of the molecule is CCn1ccc(C(C)NC(=O)c2cnn3c(-c4cn(CC)nc4C)ccnc23)n1. The highest BCUT2D eigenvalue weighted by atomic mass is 16.1. The van der Waals surface area contributed by atoms with Crippen LogP contribution in [0.25, 0.3) is 16.9 Å². The molecule has 1 unspecified atom stereocenters. The highest BCUT2D eigenvalue weighted by Gasteiger charge is 2.20. The van der Waals surface area contributed by atoms with Gasteiger partial charge in [-0.15, -0.1) is 0 Å². The molecular weight excluding hydrogens is 368 g/mol. The first-order chi connectivity index (χ1) is 14.0. The summed E-state index contributed by atoms with van der Waals surface area (Å²) in [6.45, 7) is 9.51. The van der Waals surface area contributed by atoms with Crippen molar-refractivity contribution in [2.24, 2.45) is 0 Å². The summed E-state index contributed by atoms with van der Waals surface area (Å²) >= 11 is 0. The Morgan fingerprint density at radius 3 is 2.66 bits per heavy atom. The molecule has 0 spiro atoms. The maximum Gasteiger partial charge on any atom is 0.257 e. The Kier molecular flexibility index (Phi) is 4.87. The van der Waals surface area contributed by atoms with Crippen molar-refractivity contribution in [3.8, 4) is 11.3 Å². The molecule has 29 heavy (non-hydrogen) atoms. The lowest BCUT2D eigenvalue weighted by atomic mass is 10.2. The lowest BCUT2D eigenvalue weighted by Crippen LogP contribution is -2.27. The summed E-state index contributed by atoms with van der Waals surface area (Å²) in [5, 5.41) is 16.4. The Bertz CT molecular complexity index is 1170. The molecule has 9 nitrogen and oxygen atoms in total. The molecule has 1 N–H and O–H groups in total. The van der Waals surface area contributed by atoms with Crippen LogP contribution in [0.5, 0.6) is 0 Å². The number of nitrogens with zero attached hydrogens (tertiary/aromatic N) is 7. The predicted molar refractivity (Wildman–Crippen MR) is 108 cm³/mol. The zero-order chi connectivity index (χ0) is 20.5. The largest absolute Gasteiger partial charge is 0.344 e. The fourth-order valence-electron chi connectivity index (χ4n) is 3.32. The average Bonchev–Trinajstić information content (AvgIpc) is 3.45. The van der Waals surface area contributed by atoms with E-state index in [2.05, 4.69) is 25.6 Å². The van der Waals surface area contributed by atoms with Gasteiger partial charge in [-0.05, 0) is 39.8 Å². The minimum Gasteiger partial charge on any atom is -0.344 e. The van der Waals surface area contributed by atoms with E-state index in [1.165, 1.54) is 0 Å². The van der Waals surface area contributed by atoms with Crippen molar-refractivity contribution in [1.29, 1.82) is 0 Å². The van der Waals surface area contributed by atoms with Crippen molar-refractivity contribution >= 4 is 11.6 Å². The van der Waals surface area contributed by atoms with Gasteiger partial charge in [0.25, 0.3) is 5.91 Å². The minimum atomic E-state index is -0.232. The molecule has 4 aromatic heterocycles. The number of carbonyl (C=O) groups excluding carboxylic acids is 1. The van der Waals surface area contributed by atoms with Gasteiger partial charge >= 0.3 is 0 Å². The minimum absolute atomic E-state index is 0.224. The van der Waals surface area contributed by atoms with E-state index in [0.717, 1.165) is 35.7 Å². The Morgan fingerprint density at radius 1 is 1.17 bits per heavy atom. The summed E-state index contributed by atoms with van der Waals surface area (Å²) in [5.41, 5.74) is 4.46. The Balaban J connectivity index is 1.65. The Hall–Kier alpha value is -3.49. The third-order valence-corrected chi connectivity index (χ3v) is 4.97. The van der Waals surface area contributed by atoms with Crippen LogP contribution in [0.15, 0.2) is 36.9 Å². The number of hydrogen-bond donors (Lipinski definition) is 1. The first-order valence-electron chi connectivity index (χ1n) is 9.73. The molecule has 0 saturated heterocycles. The van der Waals surface area contributed by atoms with Gasteiger partial charge in [0, 0.05) is 37.2 Å². The van der Waals surface area contributed by atoms with Gasteiger partial charge in [0.05, 0.1) is 29.3 Å². The van der Waals surface area contributed by atoms with Crippen LogP contribution >= 0.6 is 0 Å². The summed E-state index contributed by atoms with van der Waals surface area (Å²) in [6.07, 6.45) is 7.13. The molecule has 0 saturated carbocycles. The summed E-state index contributed by atoms with van der Waals surface area (Å²) in [5.74, 6) is -0.232. The fourth-order valence-corrected chi connectivity index (χ4v) is 3.32. The molecule has 4 heterocycles. The van der Waals surface area contributed by atoms with Crippen LogP contribution in [-0.4, -0.2) is 40.1 Å². The van der Waals surface area contributed by atoms with Crippen molar-refractivity contribution in [2.45, 2.75) is 46.8 Å². The quantitative estimate of drug-likeness (QED) is 0.544. The number of amides is 1. The number of rotatable bonds is 6. The monoisotopic (exact) mass is 392 g/mol. The molecule has 4 aromatic rings. The Labute approximate surface area is 168 Å². The van der Waals surface area contributed by atoms with Gasteiger partial charge in [-0.1, -0.05) is 0 Å². The van der Waals surface area contributed by atoms with Crippen LogP contribution in [0.3, 0.4) is 0 Å². The van der Waals surface area contributed by atoms with Crippen molar-refractivity contribution in [1.82, 2.24) is 39.5 Å². The average molecular weight is 392 g/mol. The highest BCUT2D eigenvalue weighted by Crippen LogP contribution is 2.24. The predicted octanol–water partition coefficient (Wildman–Crippen LogP) is 2.63. The zero-order valence-corrected chi connectivity index (χ0v) is 17.0. The second kappa shape index (κ2) is 7.50. The third-order valence-electron chi connectivity index (χ3n) is 4.97. The van der Waals surface area contributed by atoms with Crippen LogP contribution in [0.4, 0.5) is 0 Å². The zero-order valence-electron chi connectivity index (χ0n) is 17.0. The first kappa shape index (κ1) is 18.9. The molecule has 0 radical (unpaired) electrons. The van der Waals surface area contributed by atoms with Crippen molar-refractivity contribution in [2.75, 3.05) is 0 Å². The molecule has 0 fully saturated rings. The number of aromatic nitrogens is 7. The van der Waals surface area contributed by atoms with Gasteiger partial charge in [0.1, 0.15) is 5.56 Å². The number of fused-ring (bicyclic) bond motifs is 1. The smallest absolute Gasteiger partial charge is 0.257 e. The molecule has 0 aromatic carbocycles. The molecule has 1 amide bonds. The topological polar surface area (TPSA) is 94.9 Å². The van der Waals surface area contributed by atoms with Crippen LogP contribution in [0.2, 0.25) is 0 Å². The van der Waals surface area contributed by atoms with Crippen LogP contribution in [0.1, 0.15) is 48.6 Å². The standard InChI is InChI=1S/C20H24N8O/c1-5-26-10-8-17(25-26)14(4)23-20(29)15-11-22-28-18(7-9-21-19(15)28)16-12-27(6-2)24-13(16)3/h7-12,14H,5-6H2,1-4H3,(H,23,29). The summed E-state index contributed by atoms with van der Waals surface area (Å²) in [7, 11) is 0. The van der Waals surface area contributed by atoms with E-state index in [4.69, 9.17) is 0 Å². The summed E-state index contributed by atoms with van der Waals surface area (Å²) in [6, 6.07) is 3.57. The second-order valence-corrected chi connectivity index (χ2v) is 6.90. The van der Waals surface area contributed by atoms with E-state index >= 15 is 0 Å². The Morgan fingerprint density at radius 2 is 1.97 bits per heavy atom. The molecule has 150 valence electrons. The van der Waals surface area contributed by atoms with E-state index in [-0.39, 0.29) is 11.9 Å². The maximum atomic E-state index is 12.9. The van der Waals surface area contributed by atoms with Gasteiger partial charge in [0.2, 0.25) is 0 Å². The van der Waals surface area contributed by atoms with Gasteiger partial charge < -0.3 is 5.32 Å². The maximum absolute atomic E-state index is 12.9. The van der Waals surface area contributed by atoms with E-state index in [1.807, 2.05) is 61.6 Å². The van der Waals surface area contributed by atoms with Crippen molar-refractivity contribution < 1.29 is 4.79 Å². The van der Waals surface area contributed by atoms with E-state index in [0.29, 0.717) is 11.2 Å². The molecule has 4 rings (SSSR count). The number of hydrogen-bond acceptors (Lipinski definition) is 5. The number of nitrogens with one attached hydrogen (secondary N) is 1. The molecule has 0 aliphatic heterocycles. The number of aryl methyl sites for hydroxylation is 3. The molecule has 0 bridgehead atoms. The molecule has 0 aliphatic carbocycles. The fraction of sp³-hybridized carbons (Fsp3) is 0.350. The second-order valence-electron chi connectivity index (χ2n) is 6.90. The van der Waals surface area contributed by atoms with Crippen LogP contribution in [0, 0.1) is 6.92 Å². The lowest BCUT2D eigenvalue weighted by molar-refractivity contribution is 0.0940. The van der Waals surface area contributed by atoms with Crippen molar-refractivity contribution in [3.63, 3.8) is 0 Å². The molecule has 9 heteroatoms. The summed E-state index contributed by atoms with van der Waals surface area (Å²) in [4.78, 5) is 17.3. The molecular formula is C20H24N8O. The van der Waals surface area contributed by atoms with E-state index in [1.54, 1.807) is 16.9 Å². The number of carbonyl (C=O) groups is 1. The van der Waals surface area contributed by atoms with Gasteiger partial charge in [-0.25, -0.2) is 9.50 Å². The summed E-state index contributed by atoms with van der Waals surface area (Å²) < 4.78 is 5.40. The molecule has 0 aliphatic rings. The van der Waals surface area contributed by atoms with Gasteiger partial charge in [0.15, 0.2) is 5.65 Å². The van der Waals surface area contributed by atoms with E-state index in [9.17, 15) is 4.79 Å². The lowest BCUT2D eigenvalue weighted by Gasteiger charge is -2.11.